The molecule has 11 rings (SSSR count). The van der Waals surface area contributed by atoms with Crippen LogP contribution in [0, 0.1) is 0 Å². The molecule has 2 atom stereocenters. The van der Waals surface area contributed by atoms with Crippen molar-refractivity contribution in [2.45, 2.75) is 17.9 Å². The highest BCUT2D eigenvalue weighted by atomic mass is 32.1. The molecular weight excluding hydrogens is 649 g/mol. The third-order valence-electron chi connectivity index (χ3n) is 10.7. The maximum absolute atomic E-state index is 7.02. The van der Waals surface area contributed by atoms with E-state index in [0.29, 0.717) is 5.82 Å². The number of H-pyrrole nitrogens is 1. The van der Waals surface area contributed by atoms with Gasteiger partial charge in [-0.3, -0.25) is 10.0 Å². The number of hydrogen-bond acceptors (Lipinski definition) is 7. The lowest BCUT2D eigenvalue weighted by atomic mass is 9.75. The van der Waals surface area contributed by atoms with Gasteiger partial charge in [-0.2, -0.15) is 5.10 Å². The smallest absolute Gasteiger partial charge is 0.182 e. The molecule has 9 aromatic rings. The van der Waals surface area contributed by atoms with E-state index >= 15 is 0 Å². The first-order valence-corrected chi connectivity index (χ1v) is 18.1. The van der Waals surface area contributed by atoms with Crippen LogP contribution in [0.5, 0.6) is 0 Å². The number of hydrogen-bond donors (Lipinski definition) is 1. The van der Waals surface area contributed by atoms with Crippen LogP contribution in [0.3, 0.4) is 0 Å². The zero-order chi connectivity index (χ0) is 33.5. The number of nitrogens with one attached hydrogen (secondary N) is 1. The molecule has 2 aliphatic heterocycles. The van der Waals surface area contributed by atoms with Crippen LogP contribution in [-0.2, 0) is 12.0 Å². The average Bonchev–Trinajstić information content (AvgIpc) is 4.01. The number of thiophene rings is 1. The van der Waals surface area contributed by atoms with Gasteiger partial charge < -0.3 is 9.40 Å². The minimum Gasteiger partial charge on any atom is -0.460 e. The van der Waals surface area contributed by atoms with E-state index in [1.54, 1.807) is 12.4 Å². The highest BCUT2D eigenvalue weighted by molar-refractivity contribution is 7.19. The number of furan rings is 1. The third-order valence-corrected chi connectivity index (χ3v) is 11.9. The Morgan fingerprint density at radius 3 is 2.41 bits per heavy atom. The second kappa shape index (κ2) is 10.9. The number of hydrazine groups is 1. The minimum atomic E-state index is -0.825. The van der Waals surface area contributed by atoms with Crippen molar-refractivity contribution >= 4 is 54.7 Å². The molecule has 0 saturated heterocycles. The number of nitrogens with zero attached hydrogens (tertiary/aromatic N) is 5. The van der Waals surface area contributed by atoms with E-state index in [2.05, 4.69) is 153 Å². The van der Waals surface area contributed by atoms with Crippen molar-refractivity contribution < 1.29 is 4.42 Å². The van der Waals surface area contributed by atoms with Gasteiger partial charge in [-0.05, 0) is 71.3 Å². The van der Waals surface area contributed by atoms with Crippen molar-refractivity contribution in [3.63, 3.8) is 0 Å². The Morgan fingerprint density at radius 1 is 0.745 bits per heavy atom. The lowest BCUT2D eigenvalue weighted by Gasteiger charge is -2.47. The average molecular weight is 679 g/mol. The molecule has 0 spiro atoms. The van der Waals surface area contributed by atoms with E-state index < -0.39 is 5.54 Å². The second-order valence-corrected chi connectivity index (χ2v) is 14.4. The number of benzene rings is 5. The molecule has 0 aliphatic carbocycles. The molecule has 244 valence electrons. The maximum Gasteiger partial charge on any atom is 0.182 e. The summed E-state index contributed by atoms with van der Waals surface area (Å²) in [6.45, 7) is 0.826. The van der Waals surface area contributed by atoms with Crippen LogP contribution in [0.1, 0.15) is 33.4 Å². The molecular formula is C43H30N6OS. The Bertz CT molecular complexity index is 2590. The van der Waals surface area contributed by atoms with E-state index in [4.69, 9.17) is 9.40 Å². The fourth-order valence-corrected chi connectivity index (χ4v) is 9.85. The summed E-state index contributed by atoms with van der Waals surface area (Å²) in [5, 5.41) is 17.4. The summed E-state index contributed by atoms with van der Waals surface area (Å²) in [4.78, 5) is 9.96. The highest BCUT2D eigenvalue weighted by Crippen LogP contribution is 2.64. The van der Waals surface area contributed by atoms with Gasteiger partial charge in [0.05, 0.1) is 29.2 Å². The van der Waals surface area contributed by atoms with Crippen LogP contribution < -0.4 is 10.0 Å². The predicted molar refractivity (Wildman–Crippen MR) is 204 cm³/mol. The van der Waals surface area contributed by atoms with Gasteiger partial charge in [0.1, 0.15) is 16.9 Å². The third kappa shape index (κ3) is 4.08. The highest BCUT2D eigenvalue weighted by Gasteiger charge is 2.61. The number of aromatic amines is 1. The predicted octanol–water partition coefficient (Wildman–Crippen LogP) is 9.85. The Labute approximate surface area is 297 Å². The van der Waals surface area contributed by atoms with Gasteiger partial charge in [0.15, 0.2) is 5.82 Å². The maximum atomic E-state index is 7.02. The zero-order valence-corrected chi connectivity index (χ0v) is 28.2. The van der Waals surface area contributed by atoms with Gasteiger partial charge in [0.2, 0.25) is 0 Å². The normalized spacial score (nSPS) is 18.2. The fraction of sp³-hybridized carbons (Fsp3) is 0.0930. The summed E-state index contributed by atoms with van der Waals surface area (Å²) >= 11 is 1.85. The van der Waals surface area contributed by atoms with E-state index in [1.165, 1.54) is 26.2 Å². The van der Waals surface area contributed by atoms with Crippen LogP contribution in [0.15, 0.2) is 150 Å². The molecule has 0 bridgehead atoms. The quantitative estimate of drug-likeness (QED) is 0.195. The fourth-order valence-electron chi connectivity index (χ4n) is 8.57. The Hall–Kier alpha value is -6.25. The lowest BCUT2D eigenvalue weighted by Crippen LogP contribution is -2.56. The SMILES string of the molecule is c1ccc2c(c1)CCN2N1c2cccc(-c3nccnn3)c2C(c2cc3ccccc3o2)C1(c1cc2ccccc2[nH]1)c1cc2ccccc2s1. The zero-order valence-electron chi connectivity index (χ0n) is 27.4. The van der Waals surface area contributed by atoms with Gasteiger partial charge in [0, 0.05) is 44.3 Å². The molecule has 0 saturated carbocycles. The first-order chi connectivity index (χ1) is 25.3. The second-order valence-electron chi connectivity index (χ2n) is 13.3. The molecule has 0 radical (unpaired) electrons. The van der Waals surface area contributed by atoms with Gasteiger partial charge in [-0.1, -0.05) is 84.9 Å². The van der Waals surface area contributed by atoms with Crippen LogP contribution in [0.25, 0.3) is 43.3 Å². The van der Waals surface area contributed by atoms with Gasteiger partial charge in [-0.15, -0.1) is 16.4 Å². The number of aromatic nitrogens is 4. The Morgan fingerprint density at radius 2 is 1.55 bits per heavy atom. The standard InChI is InChI=1S/C43H30N6OS/c1-5-15-32-28(11-1)25-38(46-32)43(39-26-30-13-4-8-19-37(30)51-39)41(36-24-29-12-3-7-18-35(29)50-36)40-31(42-44-21-22-45-47-42)14-9-17-34(40)49(43)48-23-20-27-10-2-6-16-33(27)48/h1-19,21-22,24-26,41,46H,20,23H2. The molecule has 5 aromatic carbocycles. The number of anilines is 2. The topological polar surface area (TPSA) is 74.1 Å². The van der Waals surface area contributed by atoms with Crippen molar-refractivity contribution in [2.24, 2.45) is 0 Å². The first kappa shape index (κ1) is 28.6. The van der Waals surface area contributed by atoms with Crippen LogP contribution in [-0.4, -0.2) is 26.7 Å². The Balaban J connectivity index is 1.33. The number of fused-ring (bicyclic) bond motifs is 5. The summed E-state index contributed by atoms with van der Waals surface area (Å²) in [5.41, 5.74) is 7.86. The van der Waals surface area contributed by atoms with Crippen molar-refractivity contribution in [1.82, 2.24) is 20.2 Å². The van der Waals surface area contributed by atoms with Crippen LogP contribution >= 0.6 is 11.3 Å². The molecule has 0 amide bonds. The van der Waals surface area contributed by atoms with Crippen molar-refractivity contribution in [3.05, 3.63) is 173 Å². The summed E-state index contributed by atoms with van der Waals surface area (Å²) < 4.78 is 8.25. The molecule has 51 heavy (non-hydrogen) atoms. The van der Waals surface area contributed by atoms with Gasteiger partial charge in [0.25, 0.3) is 0 Å². The summed E-state index contributed by atoms with van der Waals surface area (Å²) in [6.07, 6.45) is 4.29. The van der Waals surface area contributed by atoms with Crippen LogP contribution in [0.4, 0.5) is 11.4 Å². The van der Waals surface area contributed by atoms with Gasteiger partial charge >= 0.3 is 0 Å². The molecule has 4 aromatic heterocycles. The van der Waals surface area contributed by atoms with E-state index in [9.17, 15) is 0 Å². The van der Waals surface area contributed by atoms with Crippen molar-refractivity contribution in [2.75, 3.05) is 16.6 Å². The molecule has 1 N–H and O–H groups in total. The molecule has 8 heteroatoms. The molecule has 2 unspecified atom stereocenters. The monoisotopic (exact) mass is 678 g/mol. The summed E-state index contributed by atoms with van der Waals surface area (Å²) in [5.74, 6) is 1.13. The van der Waals surface area contributed by atoms with Crippen molar-refractivity contribution in [1.29, 1.82) is 0 Å². The largest absolute Gasteiger partial charge is 0.460 e. The molecule has 6 heterocycles. The van der Waals surface area contributed by atoms with E-state index in [0.717, 1.165) is 63.1 Å². The first-order valence-electron chi connectivity index (χ1n) is 17.3. The summed E-state index contributed by atoms with van der Waals surface area (Å²) in [6, 6.07) is 47.9. The Kier molecular flexibility index (Phi) is 6.09. The van der Waals surface area contributed by atoms with E-state index in [-0.39, 0.29) is 5.92 Å². The van der Waals surface area contributed by atoms with Crippen LogP contribution in [0.2, 0.25) is 0 Å². The molecule has 7 nitrogen and oxygen atoms in total. The molecule has 2 aliphatic rings. The number of para-hydroxylation sites is 3. The molecule has 0 fully saturated rings. The summed E-state index contributed by atoms with van der Waals surface area (Å²) in [7, 11) is 0. The number of rotatable bonds is 5. The van der Waals surface area contributed by atoms with Gasteiger partial charge in [-0.25, -0.2) is 4.98 Å². The van der Waals surface area contributed by atoms with E-state index in [1.807, 2.05) is 17.4 Å². The minimum absolute atomic E-state index is 0.325. The lowest BCUT2D eigenvalue weighted by molar-refractivity contribution is 0.393. The van der Waals surface area contributed by atoms with Crippen molar-refractivity contribution in [3.8, 4) is 11.4 Å².